The lowest BCUT2D eigenvalue weighted by atomic mass is 10.1. The van der Waals surface area contributed by atoms with Gasteiger partial charge in [-0.05, 0) is 6.07 Å². The predicted octanol–water partition coefficient (Wildman–Crippen LogP) is 1.52. The van der Waals surface area contributed by atoms with Crippen LogP contribution in [0.4, 0.5) is 0 Å². The Morgan fingerprint density at radius 2 is 2.15 bits per heavy atom. The molecular weight excluding hydrogens is 257 g/mol. The number of pyridine rings is 1. The van der Waals surface area contributed by atoms with Gasteiger partial charge in [0.05, 0.1) is 11.1 Å². The van der Waals surface area contributed by atoms with Crippen LogP contribution in [-0.2, 0) is 0 Å². The third-order valence-electron chi connectivity index (χ3n) is 1.59. The summed E-state index contributed by atoms with van der Waals surface area (Å²) in [6.07, 6.45) is 1.15. The highest BCUT2D eigenvalue weighted by Gasteiger charge is 2.17. The molecule has 2 atom stereocenters. The van der Waals surface area contributed by atoms with E-state index in [0.717, 1.165) is 0 Å². The summed E-state index contributed by atoms with van der Waals surface area (Å²) in [5, 5.41) is 19.6. The van der Waals surface area contributed by atoms with Crippen molar-refractivity contribution in [3.8, 4) is 0 Å². The highest BCUT2D eigenvalue weighted by Crippen LogP contribution is 2.19. The van der Waals surface area contributed by atoms with Crippen LogP contribution < -0.4 is 0 Å². The molecule has 13 heavy (non-hydrogen) atoms. The Morgan fingerprint density at radius 3 is 2.69 bits per heavy atom. The van der Waals surface area contributed by atoms with Crippen LogP contribution in [0.5, 0.6) is 0 Å². The van der Waals surface area contributed by atoms with Gasteiger partial charge in [0.2, 0.25) is 0 Å². The van der Waals surface area contributed by atoms with Crippen LogP contribution >= 0.6 is 27.5 Å². The van der Waals surface area contributed by atoms with Crippen molar-refractivity contribution in [2.24, 2.45) is 0 Å². The lowest BCUT2D eigenvalue weighted by Crippen LogP contribution is -2.19. The molecule has 3 nitrogen and oxygen atoms in total. The first kappa shape index (κ1) is 10.9. The number of hydrogen-bond acceptors (Lipinski definition) is 3. The van der Waals surface area contributed by atoms with Gasteiger partial charge in [0.25, 0.3) is 0 Å². The van der Waals surface area contributed by atoms with Crippen molar-refractivity contribution < 1.29 is 10.2 Å². The summed E-state index contributed by atoms with van der Waals surface area (Å²) < 4.78 is 0. The summed E-state index contributed by atoms with van der Waals surface area (Å²) in [5.41, 5.74) is 0.513. The number of alkyl halides is 1. The van der Waals surface area contributed by atoms with Crippen LogP contribution in [0.15, 0.2) is 18.5 Å². The molecular formula is C8H9BrClNO2. The first-order chi connectivity index (χ1) is 6.15. The van der Waals surface area contributed by atoms with Crippen LogP contribution in [0, 0.1) is 0 Å². The Hall–Kier alpha value is -0.160. The second kappa shape index (κ2) is 4.91. The second-order valence-electron chi connectivity index (χ2n) is 2.60. The van der Waals surface area contributed by atoms with Crippen molar-refractivity contribution in [2.75, 3.05) is 5.33 Å². The van der Waals surface area contributed by atoms with E-state index in [1.54, 1.807) is 6.07 Å². The lowest BCUT2D eigenvalue weighted by Gasteiger charge is -2.15. The minimum atomic E-state index is -0.953. The average Bonchev–Trinajstić information content (AvgIpc) is 2.15. The molecule has 72 valence electrons. The maximum Gasteiger partial charge on any atom is 0.107 e. The molecule has 5 heteroatoms. The number of rotatable bonds is 3. The van der Waals surface area contributed by atoms with E-state index in [-0.39, 0.29) is 0 Å². The molecule has 0 bridgehead atoms. The number of aromatic nitrogens is 1. The molecule has 2 N–H and O–H groups in total. The minimum Gasteiger partial charge on any atom is -0.389 e. The van der Waals surface area contributed by atoms with E-state index < -0.39 is 12.2 Å². The van der Waals surface area contributed by atoms with Crippen LogP contribution in [0.2, 0.25) is 5.02 Å². The molecule has 0 spiro atoms. The summed E-state index contributed by atoms with van der Waals surface area (Å²) in [4.78, 5) is 3.80. The maximum absolute atomic E-state index is 9.53. The van der Waals surface area contributed by atoms with Gasteiger partial charge in [0.15, 0.2) is 0 Å². The maximum atomic E-state index is 9.53. The first-order valence-electron chi connectivity index (χ1n) is 3.67. The zero-order valence-corrected chi connectivity index (χ0v) is 9.03. The Bertz CT molecular complexity index is 285. The van der Waals surface area contributed by atoms with Crippen molar-refractivity contribution in [3.05, 3.63) is 29.0 Å². The van der Waals surface area contributed by atoms with Gasteiger partial charge >= 0.3 is 0 Å². The average molecular weight is 267 g/mol. The number of nitrogens with zero attached hydrogens (tertiary/aromatic N) is 1. The number of aliphatic hydroxyl groups is 2. The van der Waals surface area contributed by atoms with Crippen molar-refractivity contribution in [2.45, 2.75) is 12.2 Å². The third kappa shape index (κ3) is 2.91. The minimum absolute atomic E-state index is 0.306. The third-order valence-corrected chi connectivity index (χ3v) is 2.46. The van der Waals surface area contributed by atoms with E-state index in [0.29, 0.717) is 15.9 Å². The zero-order valence-electron chi connectivity index (χ0n) is 6.69. The highest BCUT2D eigenvalue weighted by atomic mass is 79.9. The van der Waals surface area contributed by atoms with Gasteiger partial charge in [-0.2, -0.15) is 0 Å². The monoisotopic (exact) mass is 265 g/mol. The molecule has 1 aromatic heterocycles. The molecule has 1 rings (SSSR count). The van der Waals surface area contributed by atoms with Gasteiger partial charge in [0, 0.05) is 23.3 Å². The second-order valence-corrected chi connectivity index (χ2v) is 3.69. The molecule has 0 aliphatic rings. The van der Waals surface area contributed by atoms with Gasteiger partial charge in [-0.25, -0.2) is 0 Å². The van der Waals surface area contributed by atoms with Gasteiger partial charge in [0.1, 0.15) is 6.10 Å². The quantitative estimate of drug-likeness (QED) is 0.816. The molecule has 0 aliphatic heterocycles. The topological polar surface area (TPSA) is 53.4 Å². The molecule has 0 saturated heterocycles. The molecule has 0 aromatic carbocycles. The van der Waals surface area contributed by atoms with E-state index in [4.69, 9.17) is 11.6 Å². The van der Waals surface area contributed by atoms with Crippen molar-refractivity contribution in [3.63, 3.8) is 0 Å². The van der Waals surface area contributed by atoms with Crippen molar-refractivity contribution >= 4 is 27.5 Å². The highest BCUT2D eigenvalue weighted by molar-refractivity contribution is 9.09. The van der Waals surface area contributed by atoms with Gasteiger partial charge < -0.3 is 10.2 Å². The number of halogens is 2. The molecule has 0 fully saturated rings. The number of hydrogen-bond donors (Lipinski definition) is 2. The number of aliphatic hydroxyl groups excluding tert-OH is 2. The van der Waals surface area contributed by atoms with Crippen LogP contribution in [0.25, 0.3) is 0 Å². The lowest BCUT2D eigenvalue weighted by molar-refractivity contribution is 0.0341. The Kier molecular flexibility index (Phi) is 4.12. The Balaban J connectivity index is 2.82. The fourth-order valence-electron chi connectivity index (χ4n) is 0.897. The SMILES string of the molecule is OC(CBr)C(O)c1cncc(Cl)c1. The normalized spacial score (nSPS) is 15.4. The van der Waals surface area contributed by atoms with E-state index >= 15 is 0 Å². The van der Waals surface area contributed by atoms with E-state index in [1.807, 2.05) is 0 Å². The van der Waals surface area contributed by atoms with Crippen LogP contribution in [-0.4, -0.2) is 26.6 Å². The van der Waals surface area contributed by atoms with Gasteiger partial charge in [-0.15, -0.1) is 0 Å². The van der Waals surface area contributed by atoms with Crippen LogP contribution in [0.3, 0.4) is 0 Å². The first-order valence-corrected chi connectivity index (χ1v) is 5.17. The standard InChI is InChI=1S/C8H9BrClNO2/c9-2-7(12)8(13)5-1-6(10)4-11-3-5/h1,3-4,7-8,12-13H,2H2. The molecule has 2 unspecified atom stereocenters. The fraction of sp³-hybridized carbons (Fsp3) is 0.375. The molecule has 0 amide bonds. The summed E-state index contributed by atoms with van der Waals surface area (Å²) in [7, 11) is 0. The molecule has 0 radical (unpaired) electrons. The van der Waals surface area contributed by atoms with Crippen molar-refractivity contribution in [1.29, 1.82) is 0 Å². The summed E-state index contributed by atoms with van der Waals surface area (Å²) in [5.74, 6) is 0. The van der Waals surface area contributed by atoms with Gasteiger partial charge in [-0.1, -0.05) is 27.5 Å². The van der Waals surface area contributed by atoms with Crippen molar-refractivity contribution in [1.82, 2.24) is 4.98 Å². The van der Waals surface area contributed by atoms with Crippen LogP contribution in [0.1, 0.15) is 11.7 Å². The van der Waals surface area contributed by atoms with E-state index in [1.165, 1.54) is 12.4 Å². The summed E-state index contributed by atoms with van der Waals surface area (Å²) in [6, 6.07) is 1.57. The smallest absolute Gasteiger partial charge is 0.107 e. The molecule has 0 aliphatic carbocycles. The van der Waals surface area contributed by atoms with Gasteiger partial charge in [-0.3, -0.25) is 4.98 Å². The Morgan fingerprint density at radius 1 is 1.46 bits per heavy atom. The van der Waals surface area contributed by atoms with E-state index in [2.05, 4.69) is 20.9 Å². The summed E-state index contributed by atoms with van der Waals surface area (Å²) >= 11 is 8.74. The largest absolute Gasteiger partial charge is 0.389 e. The fourth-order valence-corrected chi connectivity index (χ4v) is 1.43. The molecule has 0 saturated carbocycles. The zero-order chi connectivity index (χ0) is 9.84. The summed E-state index contributed by atoms with van der Waals surface area (Å²) in [6.45, 7) is 0. The van der Waals surface area contributed by atoms with E-state index in [9.17, 15) is 10.2 Å². The Labute approximate surface area is 89.5 Å². The molecule has 1 heterocycles. The molecule has 1 aromatic rings. The predicted molar refractivity (Wildman–Crippen MR) is 54.0 cm³/mol.